The van der Waals surface area contributed by atoms with Crippen LogP contribution in [-0.2, 0) is 23.4 Å². The summed E-state index contributed by atoms with van der Waals surface area (Å²) in [6.45, 7) is 3.55. The third-order valence-corrected chi connectivity index (χ3v) is 8.16. The molecular formula is C39H69O8P. The zero-order valence-corrected chi connectivity index (χ0v) is 31.1. The van der Waals surface area contributed by atoms with E-state index < -0.39 is 13.9 Å². The highest BCUT2D eigenvalue weighted by Gasteiger charge is 2.20. The van der Waals surface area contributed by atoms with Gasteiger partial charge in [-0.05, 0) is 77.2 Å². The molecule has 0 spiro atoms. The number of esters is 1. The van der Waals surface area contributed by atoms with Crippen LogP contribution >= 0.6 is 7.82 Å². The highest BCUT2D eigenvalue weighted by atomic mass is 31.2. The molecule has 0 amide bonds. The first-order chi connectivity index (χ1) is 23.2. The molecule has 48 heavy (non-hydrogen) atoms. The second-order valence-electron chi connectivity index (χ2n) is 12.5. The van der Waals surface area contributed by atoms with Crippen molar-refractivity contribution >= 4 is 13.8 Å². The fourth-order valence-electron chi connectivity index (χ4n) is 4.85. The lowest BCUT2D eigenvalue weighted by atomic mass is 10.0. The first kappa shape index (κ1) is 46.0. The summed E-state index contributed by atoms with van der Waals surface area (Å²) >= 11 is 0. The topological polar surface area (TPSA) is 123 Å². The predicted octanol–water partition coefficient (Wildman–Crippen LogP) is 10.7. The van der Waals surface area contributed by atoms with Gasteiger partial charge in [-0.2, -0.15) is 0 Å². The minimum Gasteiger partial charge on any atom is -0.492 e. The highest BCUT2D eigenvalue weighted by Crippen LogP contribution is 2.35. The van der Waals surface area contributed by atoms with Crippen molar-refractivity contribution < 1.29 is 38.3 Å². The third kappa shape index (κ3) is 38.5. The molecule has 0 heterocycles. The average Bonchev–Trinajstić information content (AvgIpc) is 3.04. The molecule has 0 aromatic heterocycles. The number of hydrogen-bond donors (Lipinski definition) is 3. The molecule has 0 aliphatic heterocycles. The van der Waals surface area contributed by atoms with E-state index in [1.54, 1.807) is 0 Å². The van der Waals surface area contributed by atoms with Gasteiger partial charge in [0.25, 0.3) is 0 Å². The summed E-state index contributed by atoms with van der Waals surface area (Å²) in [5.74, 6) is -0.380. The first-order valence-corrected chi connectivity index (χ1v) is 20.2. The molecular weight excluding hydrogens is 627 g/mol. The number of ether oxygens (including phenoxy) is 2. The number of phosphoric acid groups is 1. The Hall–Kier alpha value is -1.96. The lowest BCUT2D eigenvalue weighted by molar-refractivity contribution is -0.147. The van der Waals surface area contributed by atoms with E-state index >= 15 is 0 Å². The second kappa shape index (κ2) is 34.9. The van der Waals surface area contributed by atoms with Crippen LogP contribution in [0.2, 0.25) is 0 Å². The number of aliphatic hydroxyl groups is 1. The number of hydrogen-bond acceptors (Lipinski definition) is 6. The van der Waals surface area contributed by atoms with E-state index in [2.05, 4.69) is 60.1 Å². The third-order valence-electron chi connectivity index (χ3n) is 7.68. The van der Waals surface area contributed by atoms with Gasteiger partial charge >= 0.3 is 13.8 Å². The van der Waals surface area contributed by atoms with Gasteiger partial charge in [-0.1, -0.05) is 126 Å². The fourth-order valence-corrected chi connectivity index (χ4v) is 5.21. The summed E-state index contributed by atoms with van der Waals surface area (Å²) < 4.78 is 26.6. The molecule has 0 bridgehead atoms. The molecule has 0 aromatic rings. The molecule has 0 saturated carbocycles. The van der Waals surface area contributed by atoms with Gasteiger partial charge in [-0.15, -0.1) is 0 Å². The van der Waals surface area contributed by atoms with E-state index in [-0.39, 0.29) is 31.7 Å². The fraction of sp³-hybridized carbons (Fsp3) is 0.718. The van der Waals surface area contributed by atoms with Gasteiger partial charge in [0.1, 0.15) is 6.61 Å². The number of carbonyl (C=O) groups is 1. The van der Waals surface area contributed by atoms with E-state index in [4.69, 9.17) is 19.3 Å². The normalized spacial score (nSPS) is 13.9. The number of carbonyl (C=O) groups excluding carboxylic acids is 1. The minimum atomic E-state index is -4.66. The molecule has 0 aliphatic rings. The van der Waals surface area contributed by atoms with Crippen molar-refractivity contribution in [2.45, 2.75) is 167 Å². The maximum atomic E-state index is 12.2. The lowest BCUT2D eigenvalue weighted by Gasteiger charge is -2.17. The van der Waals surface area contributed by atoms with Gasteiger partial charge in [0, 0.05) is 6.42 Å². The van der Waals surface area contributed by atoms with Gasteiger partial charge in [-0.3, -0.25) is 9.32 Å². The Labute approximate surface area is 293 Å². The summed E-state index contributed by atoms with van der Waals surface area (Å²) in [6.07, 6.45) is 43.0. The van der Waals surface area contributed by atoms with Crippen molar-refractivity contribution in [2.75, 3.05) is 13.2 Å². The van der Waals surface area contributed by atoms with Gasteiger partial charge in [0.05, 0.1) is 19.0 Å². The first-order valence-electron chi connectivity index (χ1n) is 18.7. The Morgan fingerprint density at radius 1 is 0.646 bits per heavy atom. The van der Waals surface area contributed by atoms with Crippen LogP contribution in [0.1, 0.15) is 155 Å². The van der Waals surface area contributed by atoms with Crippen molar-refractivity contribution in [1.29, 1.82) is 0 Å². The second-order valence-corrected chi connectivity index (χ2v) is 13.8. The van der Waals surface area contributed by atoms with E-state index in [0.717, 1.165) is 57.8 Å². The van der Waals surface area contributed by atoms with Crippen LogP contribution in [0.3, 0.4) is 0 Å². The van der Waals surface area contributed by atoms with E-state index in [9.17, 15) is 14.5 Å². The highest BCUT2D eigenvalue weighted by molar-refractivity contribution is 7.46. The number of aliphatic hydroxyl groups excluding tert-OH is 1. The maximum absolute atomic E-state index is 12.2. The van der Waals surface area contributed by atoms with Crippen LogP contribution in [-0.4, -0.2) is 46.3 Å². The molecule has 8 nitrogen and oxygen atoms in total. The average molecular weight is 697 g/mol. The van der Waals surface area contributed by atoms with Crippen LogP contribution in [0.5, 0.6) is 0 Å². The van der Waals surface area contributed by atoms with E-state index in [0.29, 0.717) is 6.42 Å². The summed E-state index contributed by atoms with van der Waals surface area (Å²) in [6, 6.07) is 0. The number of rotatable bonds is 34. The monoisotopic (exact) mass is 696 g/mol. The van der Waals surface area contributed by atoms with Crippen molar-refractivity contribution in [3.05, 3.63) is 60.9 Å². The summed E-state index contributed by atoms with van der Waals surface area (Å²) in [7, 11) is -4.66. The number of phosphoric ester groups is 1. The molecule has 0 rings (SSSR count). The molecule has 278 valence electrons. The van der Waals surface area contributed by atoms with Crippen molar-refractivity contribution in [3.8, 4) is 0 Å². The van der Waals surface area contributed by atoms with Crippen molar-refractivity contribution in [2.24, 2.45) is 0 Å². The molecule has 0 aromatic carbocycles. The molecule has 3 N–H and O–H groups in total. The van der Waals surface area contributed by atoms with Crippen molar-refractivity contribution in [3.63, 3.8) is 0 Å². The molecule has 9 heteroatoms. The van der Waals surface area contributed by atoms with Crippen LogP contribution in [0, 0.1) is 0 Å². The van der Waals surface area contributed by atoms with Crippen LogP contribution in [0.25, 0.3) is 0 Å². The molecule has 0 unspecified atom stereocenters. The predicted molar refractivity (Wildman–Crippen MR) is 198 cm³/mol. The van der Waals surface area contributed by atoms with Crippen LogP contribution in [0.15, 0.2) is 60.9 Å². The zero-order chi connectivity index (χ0) is 35.4. The summed E-state index contributed by atoms with van der Waals surface area (Å²) in [5.41, 5.74) is 0. The Bertz CT molecular complexity index is 919. The standard InChI is InChI=1S/C39H69O8P/c1-3-4-5-6-7-8-9-10-16-19-22-25-28-31-34-45-38(36-47-48(42,43)44)35-46-39(41)33-30-27-24-21-18-15-13-11-12-14-17-20-23-26-29-32-37(2)40/h12-15,20-21,23-24,31,34,37-38,40H,3-11,16-19,22,25-30,32-33,35-36H2,1-2H3,(H2,42,43,44)/b14-12-,15-13-,23-20-,24-21-,34-31+/t37-,38-/m1/s1. The molecule has 0 radical (unpaired) electrons. The Kier molecular flexibility index (Phi) is 33.5. The number of unbranched alkanes of at least 4 members (excludes halogenated alkanes) is 14. The molecule has 0 saturated heterocycles. The van der Waals surface area contributed by atoms with Crippen LogP contribution in [0.4, 0.5) is 0 Å². The summed E-state index contributed by atoms with van der Waals surface area (Å²) in [5, 5.41) is 9.24. The van der Waals surface area contributed by atoms with Crippen molar-refractivity contribution in [1.82, 2.24) is 0 Å². The SMILES string of the molecule is CCCCCCCCCCCCCC/C=C/O[C@H](COC(=O)CCC/C=C\C/C=C\C/C=C\C/C=C\CCC[C@@H](C)O)COP(=O)(O)O. The minimum absolute atomic E-state index is 0.142. The molecule has 0 fully saturated rings. The van der Waals surface area contributed by atoms with Gasteiger partial charge in [0.15, 0.2) is 6.10 Å². The summed E-state index contributed by atoms with van der Waals surface area (Å²) in [4.78, 5) is 30.3. The maximum Gasteiger partial charge on any atom is 0.469 e. The largest absolute Gasteiger partial charge is 0.492 e. The molecule has 2 atom stereocenters. The lowest BCUT2D eigenvalue weighted by Crippen LogP contribution is -2.25. The quantitative estimate of drug-likeness (QED) is 0.0200. The Morgan fingerprint density at radius 3 is 1.65 bits per heavy atom. The van der Waals surface area contributed by atoms with Crippen LogP contribution < -0.4 is 0 Å². The van der Waals surface area contributed by atoms with Gasteiger partial charge in [0.2, 0.25) is 0 Å². The molecule has 0 aliphatic carbocycles. The van der Waals surface area contributed by atoms with Gasteiger partial charge < -0.3 is 24.4 Å². The zero-order valence-electron chi connectivity index (χ0n) is 30.2. The Balaban J connectivity index is 4.01. The van der Waals surface area contributed by atoms with E-state index in [1.807, 2.05) is 13.0 Å². The Morgan fingerprint density at radius 2 is 1.12 bits per heavy atom. The number of allylic oxidation sites excluding steroid dienone is 9. The van der Waals surface area contributed by atoms with E-state index in [1.165, 1.54) is 76.9 Å². The van der Waals surface area contributed by atoms with Gasteiger partial charge in [-0.25, -0.2) is 4.57 Å². The smallest absolute Gasteiger partial charge is 0.469 e.